The zero-order chi connectivity index (χ0) is 20.1. The van der Waals surface area contributed by atoms with Crippen molar-refractivity contribution >= 4 is 41.0 Å². The minimum absolute atomic E-state index is 0.0493. The molecule has 0 aromatic heterocycles. The average Bonchev–Trinajstić information content (AvgIpc) is 2.89. The topological polar surface area (TPSA) is 107 Å². The predicted molar refractivity (Wildman–Crippen MR) is 101 cm³/mol. The van der Waals surface area contributed by atoms with Gasteiger partial charge >= 0.3 is 5.97 Å². The number of benzene rings is 1. The zero-order valence-electron chi connectivity index (χ0n) is 14.7. The molecule has 0 radical (unpaired) electrons. The van der Waals surface area contributed by atoms with Crippen molar-refractivity contribution in [3.8, 4) is 0 Å². The first-order valence-electron chi connectivity index (χ1n) is 8.37. The number of nitrogens with one attached hydrogen (secondary N) is 1. The fraction of sp³-hybridized carbons (Fsp3) is 0.389. The van der Waals surface area contributed by atoms with Crippen molar-refractivity contribution in [2.24, 2.45) is 0 Å². The third-order valence-corrected chi connectivity index (χ3v) is 4.96. The maximum absolute atomic E-state index is 12.3. The molecule has 1 aliphatic rings. The molecule has 1 aromatic rings. The smallest absolute Gasteiger partial charge is 0.305 e. The van der Waals surface area contributed by atoms with E-state index in [4.69, 9.17) is 28.3 Å². The van der Waals surface area contributed by atoms with Gasteiger partial charge in [-0.25, -0.2) is 0 Å². The highest BCUT2D eigenvalue weighted by Gasteiger charge is 2.34. The van der Waals surface area contributed by atoms with E-state index >= 15 is 0 Å². The first kappa shape index (κ1) is 21.1. The van der Waals surface area contributed by atoms with E-state index in [9.17, 15) is 19.5 Å². The van der Waals surface area contributed by atoms with Gasteiger partial charge in [0.05, 0.1) is 28.6 Å². The highest BCUT2D eigenvalue weighted by Crippen LogP contribution is 2.23. The molecular weight excluding hydrogens is 395 g/mol. The van der Waals surface area contributed by atoms with Gasteiger partial charge in [-0.2, -0.15) is 0 Å². The third kappa shape index (κ3) is 5.61. The summed E-state index contributed by atoms with van der Waals surface area (Å²) in [6, 6.07) is 5.12. The number of aliphatic carboxylic acids is 1. The molecule has 0 aliphatic carbocycles. The number of nitrogens with zero attached hydrogens (tertiary/aromatic N) is 1. The van der Waals surface area contributed by atoms with Crippen LogP contribution in [0.3, 0.4) is 0 Å². The number of amides is 2. The van der Waals surface area contributed by atoms with Crippen molar-refractivity contribution in [2.75, 3.05) is 13.1 Å². The first-order valence-corrected chi connectivity index (χ1v) is 9.12. The van der Waals surface area contributed by atoms with Crippen LogP contribution in [0.15, 0.2) is 29.5 Å². The van der Waals surface area contributed by atoms with Gasteiger partial charge in [-0.05, 0) is 37.5 Å². The monoisotopic (exact) mass is 414 g/mol. The minimum Gasteiger partial charge on any atom is -0.503 e. The summed E-state index contributed by atoms with van der Waals surface area (Å²) < 4.78 is 0. The molecule has 3 N–H and O–H groups in total. The standard InChI is InChI=1S/C18H20Cl2N2O5/c1-10(2-3-11-4-5-13(19)14(20)8-11)21-17(26)12-9-22(7-6-15(23)24)18(27)16(12)25/h4-5,8,10,25H,2-3,6-7,9H2,1H3,(H,21,26)(H,23,24). The van der Waals surface area contributed by atoms with E-state index in [1.165, 1.54) is 0 Å². The zero-order valence-corrected chi connectivity index (χ0v) is 16.2. The molecule has 27 heavy (non-hydrogen) atoms. The van der Waals surface area contributed by atoms with Crippen LogP contribution in [-0.4, -0.2) is 52.0 Å². The molecule has 1 unspecified atom stereocenters. The Morgan fingerprint density at radius 1 is 1.30 bits per heavy atom. The Balaban J connectivity index is 1.88. The highest BCUT2D eigenvalue weighted by molar-refractivity contribution is 6.42. The first-order chi connectivity index (χ1) is 12.7. The number of aryl methyl sites for hydroxylation is 1. The molecule has 146 valence electrons. The molecular formula is C18H20Cl2N2O5. The van der Waals surface area contributed by atoms with Gasteiger partial charge < -0.3 is 20.4 Å². The van der Waals surface area contributed by atoms with Crippen LogP contribution in [0, 0.1) is 0 Å². The van der Waals surface area contributed by atoms with Crippen LogP contribution in [-0.2, 0) is 20.8 Å². The van der Waals surface area contributed by atoms with Crippen LogP contribution in [0.4, 0.5) is 0 Å². The molecule has 0 saturated heterocycles. The lowest BCUT2D eigenvalue weighted by molar-refractivity contribution is -0.138. The van der Waals surface area contributed by atoms with Crippen molar-refractivity contribution in [3.05, 3.63) is 45.1 Å². The maximum atomic E-state index is 12.3. The molecule has 1 heterocycles. The second-order valence-corrected chi connectivity index (χ2v) is 7.17. The largest absolute Gasteiger partial charge is 0.503 e. The van der Waals surface area contributed by atoms with Crippen LogP contribution >= 0.6 is 23.2 Å². The van der Waals surface area contributed by atoms with Crippen molar-refractivity contribution < 1.29 is 24.6 Å². The van der Waals surface area contributed by atoms with Crippen LogP contribution in [0.5, 0.6) is 0 Å². The van der Waals surface area contributed by atoms with Crippen molar-refractivity contribution in [2.45, 2.75) is 32.2 Å². The fourth-order valence-electron chi connectivity index (χ4n) is 2.67. The van der Waals surface area contributed by atoms with Crippen LogP contribution < -0.4 is 5.32 Å². The summed E-state index contributed by atoms with van der Waals surface area (Å²) in [6.45, 7) is 1.64. The second kappa shape index (κ2) is 9.10. The van der Waals surface area contributed by atoms with Gasteiger partial charge in [0, 0.05) is 12.6 Å². The Bertz CT molecular complexity index is 794. The number of rotatable bonds is 8. The van der Waals surface area contributed by atoms with Crippen molar-refractivity contribution in [1.82, 2.24) is 10.2 Å². The summed E-state index contributed by atoms with van der Waals surface area (Å²) in [7, 11) is 0. The number of carbonyl (C=O) groups is 3. The molecule has 9 heteroatoms. The normalized spacial score (nSPS) is 15.2. The summed E-state index contributed by atoms with van der Waals surface area (Å²) in [5.41, 5.74) is 0.926. The molecule has 0 saturated carbocycles. The summed E-state index contributed by atoms with van der Waals surface area (Å²) >= 11 is 11.9. The maximum Gasteiger partial charge on any atom is 0.305 e. The van der Waals surface area contributed by atoms with E-state index in [0.717, 1.165) is 10.5 Å². The average molecular weight is 415 g/mol. The number of hydrogen-bond donors (Lipinski definition) is 3. The third-order valence-electron chi connectivity index (χ3n) is 4.22. The number of hydrogen-bond acceptors (Lipinski definition) is 4. The molecule has 0 fully saturated rings. The fourth-order valence-corrected chi connectivity index (χ4v) is 2.99. The summed E-state index contributed by atoms with van der Waals surface area (Å²) in [6.07, 6.45) is 1.02. The van der Waals surface area contributed by atoms with E-state index in [1.54, 1.807) is 12.1 Å². The van der Waals surface area contributed by atoms with Gasteiger partial charge in [-0.15, -0.1) is 0 Å². The Labute approximate surface area is 166 Å². The van der Waals surface area contributed by atoms with Crippen LogP contribution in [0.1, 0.15) is 25.3 Å². The number of carbonyl (C=O) groups excluding carboxylic acids is 2. The number of aliphatic hydroxyl groups is 1. The van der Waals surface area contributed by atoms with Gasteiger partial charge in [0.1, 0.15) is 0 Å². The molecule has 0 spiro atoms. The highest BCUT2D eigenvalue weighted by atomic mass is 35.5. The Morgan fingerprint density at radius 3 is 2.63 bits per heavy atom. The van der Waals surface area contributed by atoms with Gasteiger partial charge in [0.2, 0.25) is 0 Å². The predicted octanol–water partition coefficient (Wildman–Crippen LogP) is 2.56. The molecule has 1 atom stereocenters. The number of carboxylic acids is 1. The lowest BCUT2D eigenvalue weighted by Gasteiger charge is -2.16. The Morgan fingerprint density at radius 2 is 2.00 bits per heavy atom. The minimum atomic E-state index is -1.06. The van der Waals surface area contributed by atoms with Gasteiger partial charge in [-0.1, -0.05) is 29.3 Å². The lowest BCUT2D eigenvalue weighted by Crippen LogP contribution is -2.36. The second-order valence-electron chi connectivity index (χ2n) is 6.36. The van der Waals surface area contributed by atoms with Gasteiger partial charge in [0.25, 0.3) is 11.8 Å². The summed E-state index contributed by atoms with van der Waals surface area (Å²) in [4.78, 5) is 36.0. The van der Waals surface area contributed by atoms with E-state index in [-0.39, 0.29) is 31.1 Å². The summed E-state index contributed by atoms with van der Waals surface area (Å²) in [5, 5.41) is 22.3. The van der Waals surface area contributed by atoms with Crippen LogP contribution in [0.2, 0.25) is 10.0 Å². The summed E-state index contributed by atoms with van der Waals surface area (Å²) in [5.74, 6) is -2.96. The molecule has 1 aliphatic heterocycles. The van der Waals surface area contributed by atoms with E-state index in [1.807, 2.05) is 13.0 Å². The van der Waals surface area contributed by atoms with Crippen molar-refractivity contribution in [3.63, 3.8) is 0 Å². The molecule has 2 amide bonds. The lowest BCUT2D eigenvalue weighted by atomic mass is 10.1. The number of carboxylic acid groups (broad SMARTS) is 1. The van der Waals surface area contributed by atoms with E-state index in [2.05, 4.69) is 5.32 Å². The molecule has 7 nitrogen and oxygen atoms in total. The van der Waals surface area contributed by atoms with Gasteiger partial charge in [0.15, 0.2) is 5.76 Å². The van der Waals surface area contributed by atoms with Crippen LogP contribution in [0.25, 0.3) is 0 Å². The SMILES string of the molecule is CC(CCc1ccc(Cl)c(Cl)c1)NC(=O)C1=C(O)C(=O)N(CCC(=O)O)C1. The Hall–Kier alpha value is -2.25. The molecule has 2 rings (SSSR count). The van der Waals surface area contributed by atoms with E-state index < -0.39 is 23.5 Å². The van der Waals surface area contributed by atoms with Gasteiger partial charge in [-0.3, -0.25) is 14.4 Å². The number of halogens is 2. The quantitative estimate of drug-likeness (QED) is 0.605. The molecule has 1 aromatic carbocycles. The Kier molecular flexibility index (Phi) is 7.10. The van der Waals surface area contributed by atoms with Crippen molar-refractivity contribution in [1.29, 1.82) is 0 Å². The number of aliphatic hydroxyl groups excluding tert-OH is 1. The molecule has 0 bridgehead atoms. The van der Waals surface area contributed by atoms with E-state index in [0.29, 0.717) is 22.9 Å².